The molecule has 0 aliphatic heterocycles. The molecule has 0 spiro atoms. The standard InChI is InChI=1S/C13H14N4O4S/c18-12-7-6-11(16-17-12)13(19)14-8-9-15-22(20,21)10-4-2-1-3-5-10/h1-7,15H,8-9H2,(H,14,19)(H,17,18). The van der Waals surface area contributed by atoms with Crippen molar-refractivity contribution < 1.29 is 13.2 Å². The Balaban J connectivity index is 1.83. The van der Waals surface area contributed by atoms with Crippen molar-refractivity contribution in [3.05, 3.63) is 58.5 Å². The van der Waals surface area contributed by atoms with E-state index in [1.165, 1.54) is 24.3 Å². The molecule has 1 amide bonds. The minimum absolute atomic E-state index is 0.0340. The van der Waals surface area contributed by atoms with Crippen LogP contribution in [0.4, 0.5) is 0 Å². The van der Waals surface area contributed by atoms with E-state index in [4.69, 9.17) is 0 Å². The summed E-state index contributed by atoms with van der Waals surface area (Å²) in [5.41, 5.74) is -0.363. The lowest BCUT2D eigenvalue weighted by Gasteiger charge is -2.07. The number of aromatic amines is 1. The highest BCUT2D eigenvalue weighted by Gasteiger charge is 2.12. The SMILES string of the molecule is O=C(NCCNS(=O)(=O)c1ccccc1)c1ccc(=O)[nH]n1. The molecular formula is C13H14N4O4S. The maximum absolute atomic E-state index is 11.9. The van der Waals surface area contributed by atoms with Crippen LogP contribution in [0.25, 0.3) is 0 Å². The molecule has 1 heterocycles. The van der Waals surface area contributed by atoms with Crippen LogP contribution in [0.1, 0.15) is 10.5 Å². The van der Waals surface area contributed by atoms with Crippen molar-refractivity contribution in [2.75, 3.05) is 13.1 Å². The van der Waals surface area contributed by atoms with E-state index in [-0.39, 0.29) is 23.7 Å². The van der Waals surface area contributed by atoms with Gasteiger partial charge in [-0.25, -0.2) is 18.2 Å². The molecule has 0 unspecified atom stereocenters. The largest absolute Gasteiger partial charge is 0.349 e. The van der Waals surface area contributed by atoms with Gasteiger partial charge in [0.2, 0.25) is 10.0 Å². The molecule has 0 bridgehead atoms. The number of carbonyl (C=O) groups is 1. The third kappa shape index (κ3) is 4.24. The Morgan fingerprint density at radius 3 is 2.45 bits per heavy atom. The van der Waals surface area contributed by atoms with E-state index in [1.54, 1.807) is 18.2 Å². The summed E-state index contributed by atoms with van der Waals surface area (Å²) < 4.78 is 26.2. The average molecular weight is 322 g/mol. The van der Waals surface area contributed by atoms with Gasteiger partial charge in [0.25, 0.3) is 11.5 Å². The molecule has 9 heteroatoms. The summed E-state index contributed by atoms with van der Waals surface area (Å²) in [6.07, 6.45) is 0. The smallest absolute Gasteiger partial charge is 0.271 e. The molecule has 2 rings (SSSR count). The number of hydrogen-bond acceptors (Lipinski definition) is 5. The van der Waals surface area contributed by atoms with E-state index >= 15 is 0 Å². The second-order valence-corrected chi connectivity index (χ2v) is 6.04. The maximum Gasteiger partial charge on any atom is 0.271 e. The predicted molar refractivity (Wildman–Crippen MR) is 78.8 cm³/mol. The Hall–Kier alpha value is -2.52. The molecule has 0 atom stereocenters. The lowest BCUT2D eigenvalue weighted by Crippen LogP contribution is -2.35. The number of H-pyrrole nitrogens is 1. The Morgan fingerprint density at radius 2 is 1.82 bits per heavy atom. The topological polar surface area (TPSA) is 121 Å². The highest BCUT2D eigenvalue weighted by molar-refractivity contribution is 7.89. The predicted octanol–water partition coefficient (Wildman–Crippen LogP) is -0.522. The molecule has 3 N–H and O–H groups in total. The first-order valence-corrected chi connectivity index (χ1v) is 7.86. The average Bonchev–Trinajstić information content (AvgIpc) is 2.53. The zero-order valence-electron chi connectivity index (χ0n) is 11.4. The van der Waals surface area contributed by atoms with Crippen LogP contribution < -0.4 is 15.6 Å². The number of carbonyl (C=O) groups excluding carboxylic acids is 1. The minimum atomic E-state index is -3.59. The Kier molecular flexibility index (Phi) is 5.02. The van der Waals surface area contributed by atoms with Crippen molar-refractivity contribution in [3.63, 3.8) is 0 Å². The molecule has 116 valence electrons. The monoisotopic (exact) mass is 322 g/mol. The van der Waals surface area contributed by atoms with E-state index in [0.717, 1.165) is 0 Å². The summed E-state index contributed by atoms with van der Waals surface area (Å²) in [5, 5.41) is 8.20. The van der Waals surface area contributed by atoms with Crippen LogP contribution in [-0.4, -0.2) is 37.6 Å². The van der Waals surface area contributed by atoms with Gasteiger partial charge in [-0.3, -0.25) is 9.59 Å². The molecule has 0 aliphatic carbocycles. The number of hydrogen-bond donors (Lipinski definition) is 3. The molecule has 2 aromatic rings. The second-order valence-electron chi connectivity index (χ2n) is 4.27. The van der Waals surface area contributed by atoms with Crippen molar-refractivity contribution >= 4 is 15.9 Å². The molecular weight excluding hydrogens is 308 g/mol. The van der Waals surface area contributed by atoms with E-state index < -0.39 is 21.5 Å². The third-order valence-electron chi connectivity index (χ3n) is 2.67. The first kappa shape index (κ1) is 15.9. The molecule has 0 saturated heterocycles. The van der Waals surface area contributed by atoms with Gasteiger partial charge < -0.3 is 5.32 Å². The number of benzene rings is 1. The fraction of sp³-hybridized carbons (Fsp3) is 0.154. The molecule has 0 fully saturated rings. The van der Waals surface area contributed by atoms with Crippen LogP contribution in [0.15, 0.2) is 52.2 Å². The first-order chi connectivity index (χ1) is 10.5. The molecule has 22 heavy (non-hydrogen) atoms. The van der Waals surface area contributed by atoms with Gasteiger partial charge in [0.05, 0.1) is 4.90 Å². The second kappa shape index (κ2) is 6.96. The zero-order chi connectivity index (χ0) is 16.0. The summed E-state index contributed by atoms with van der Waals surface area (Å²) in [6.45, 7) is 0.123. The van der Waals surface area contributed by atoms with Crippen molar-refractivity contribution in [1.82, 2.24) is 20.2 Å². The molecule has 1 aromatic heterocycles. The summed E-state index contributed by atoms with van der Waals surface area (Å²) in [4.78, 5) is 22.7. The number of sulfonamides is 1. The van der Waals surface area contributed by atoms with Gasteiger partial charge in [-0.2, -0.15) is 5.10 Å². The van der Waals surface area contributed by atoms with Crippen LogP contribution in [0, 0.1) is 0 Å². The minimum Gasteiger partial charge on any atom is -0.349 e. The number of amides is 1. The van der Waals surface area contributed by atoms with Crippen LogP contribution in [0.2, 0.25) is 0 Å². The Labute approximate surface area is 126 Å². The van der Waals surface area contributed by atoms with Gasteiger partial charge >= 0.3 is 0 Å². The van der Waals surface area contributed by atoms with E-state index in [9.17, 15) is 18.0 Å². The Bertz CT molecular complexity index is 782. The first-order valence-electron chi connectivity index (χ1n) is 6.38. The van der Waals surface area contributed by atoms with Crippen LogP contribution in [0.3, 0.4) is 0 Å². The van der Waals surface area contributed by atoms with Gasteiger partial charge in [0, 0.05) is 19.2 Å². The summed E-state index contributed by atoms with van der Waals surface area (Å²) in [6, 6.07) is 10.4. The van der Waals surface area contributed by atoms with Gasteiger partial charge in [-0.15, -0.1) is 0 Å². The lowest BCUT2D eigenvalue weighted by atomic mass is 10.3. The Morgan fingerprint density at radius 1 is 1.09 bits per heavy atom. The van der Waals surface area contributed by atoms with Gasteiger partial charge in [0.1, 0.15) is 5.69 Å². The molecule has 0 radical (unpaired) electrons. The fourth-order valence-corrected chi connectivity index (χ4v) is 2.66. The van der Waals surface area contributed by atoms with Crippen molar-refractivity contribution in [1.29, 1.82) is 0 Å². The highest BCUT2D eigenvalue weighted by atomic mass is 32.2. The van der Waals surface area contributed by atoms with Gasteiger partial charge in [0.15, 0.2) is 0 Å². The van der Waals surface area contributed by atoms with Gasteiger partial charge in [-0.1, -0.05) is 18.2 Å². The number of aromatic nitrogens is 2. The van der Waals surface area contributed by atoms with Gasteiger partial charge in [-0.05, 0) is 18.2 Å². The number of nitrogens with one attached hydrogen (secondary N) is 3. The van der Waals surface area contributed by atoms with Crippen molar-refractivity contribution in [2.45, 2.75) is 4.90 Å². The number of nitrogens with zero attached hydrogens (tertiary/aromatic N) is 1. The van der Waals surface area contributed by atoms with E-state index in [0.29, 0.717) is 0 Å². The lowest BCUT2D eigenvalue weighted by molar-refractivity contribution is 0.0948. The summed E-state index contributed by atoms with van der Waals surface area (Å²) >= 11 is 0. The summed E-state index contributed by atoms with van der Waals surface area (Å²) in [7, 11) is -3.59. The highest BCUT2D eigenvalue weighted by Crippen LogP contribution is 2.06. The van der Waals surface area contributed by atoms with Crippen molar-refractivity contribution in [3.8, 4) is 0 Å². The maximum atomic E-state index is 11.9. The molecule has 0 aliphatic rings. The van der Waals surface area contributed by atoms with Crippen LogP contribution in [0.5, 0.6) is 0 Å². The normalized spacial score (nSPS) is 11.1. The quantitative estimate of drug-likeness (QED) is 0.618. The van der Waals surface area contributed by atoms with Crippen LogP contribution >= 0.6 is 0 Å². The van der Waals surface area contributed by atoms with Crippen molar-refractivity contribution in [2.24, 2.45) is 0 Å². The molecule has 1 aromatic carbocycles. The fourth-order valence-electron chi connectivity index (χ4n) is 1.61. The zero-order valence-corrected chi connectivity index (χ0v) is 12.3. The molecule has 8 nitrogen and oxygen atoms in total. The van der Waals surface area contributed by atoms with Crippen LogP contribution in [-0.2, 0) is 10.0 Å². The molecule has 0 saturated carbocycles. The summed E-state index contributed by atoms with van der Waals surface area (Å²) in [5.74, 6) is -0.504. The van der Waals surface area contributed by atoms with E-state index in [2.05, 4.69) is 20.2 Å². The third-order valence-corrected chi connectivity index (χ3v) is 4.14. The number of rotatable bonds is 6. The van der Waals surface area contributed by atoms with E-state index in [1.807, 2.05) is 0 Å².